The van der Waals surface area contributed by atoms with E-state index < -0.39 is 0 Å². The van der Waals surface area contributed by atoms with Crippen LogP contribution in [-0.2, 0) is 11.3 Å². The van der Waals surface area contributed by atoms with E-state index in [1.807, 2.05) is 0 Å². The zero-order chi connectivity index (χ0) is 11.6. The number of nitrogens with zero attached hydrogens (tertiary/aromatic N) is 2. The van der Waals surface area contributed by atoms with E-state index in [2.05, 4.69) is 36.2 Å². The molecule has 1 aliphatic rings. The molecule has 1 saturated heterocycles. The van der Waals surface area contributed by atoms with Crippen molar-refractivity contribution in [3.63, 3.8) is 0 Å². The van der Waals surface area contributed by atoms with Crippen LogP contribution in [0, 0.1) is 0 Å². The lowest BCUT2D eigenvalue weighted by Gasteiger charge is -2.18. The van der Waals surface area contributed by atoms with Gasteiger partial charge in [-0.25, -0.2) is 0 Å². The molecule has 1 N–H and O–H groups in total. The van der Waals surface area contributed by atoms with Crippen LogP contribution in [0.25, 0.3) is 0 Å². The molecule has 5 nitrogen and oxygen atoms in total. The highest BCUT2D eigenvalue weighted by Crippen LogP contribution is 2.22. The smallest absolute Gasteiger partial charge is 0.240 e. The summed E-state index contributed by atoms with van der Waals surface area (Å²) in [5, 5.41) is 7.31. The van der Waals surface area contributed by atoms with Gasteiger partial charge < -0.3 is 14.6 Å². The zero-order valence-electron chi connectivity index (χ0n) is 10.1. The molecule has 5 heteroatoms. The van der Waals surface area contributed by atoms with Gasteiger partial charge in [-0.2, -0.15) is 4.98 Å². The Labute approximate surface area is 95.6 Å². The summed E-state index contributed by atoms with van der Waals surface area (Å²) in [5.41, 5.74) is 0.0606. The minimum atomic E-state index is 0.0606. The predicted octanol–water partition coefficient (Wildman–Crippen LogP) is 1.46. The molecule has 1 aliphatic heterocycles. The van der Waals surface area contributed by atoms with Crippen LogP contribution < -0.4 is 5.32 Å². The Balaban J connectivity index is 1.91. The number of hydrogen-bond donors (Lipinski definition) is 1. The van der Waals surface area contributed by atoms with E-state index in [4.69, 9.17) is 9.26 Å². The topological polar surface area (TPSA) is 60.2 Å². The Morgan fingerprint density at radius 3 is 2.88 bits per heavy atom. The van der Waals surface area contributed by atoms with Crippen molar-refractivity contribution < 1.29 is 9.26 Å². The van der Waals surface area contributed by atoms with Crippen molar-refractivity contribution in [2.45, 2.75) is 45.2 Å². The third kappa shape index (κ3) is 3.02. The Bertz CT molecular complexity index is 337. The van der Waals surface area contributed by atoms with Crippen LogP contribution in [0.5, 0.6) is 0 Å². The molecule has 0 radical (unpaired) electrons. The normalized spacial score (nSPS) is 21.6. The molecule has 16 heavy (non-hydrogen) atoms. The van der Waals surface area contributed by atoms with E-state index in [1.165, 1.54) is 0 Å². The lowest BCUT2D eigenvalue weighted by molar-refractivity contribution is 0.192. The van der Waals surface area contributed by atoms with Gasteiger partial charge in [-0.15, -0.1) is 0 Å². The van der Waals surface area contributed by atoms with Gasteiger partial charge >= 0.3 is 0 Å². The number of ether oxygens (including phenoxy) is 1. The van der Waals surface area contributed by atoms with Gasteiger partial charge in [0.2, 0.25) is 5.89 Å². The molecule has 1 atom stereocenters. The molecule has 1 aromatic heterocycles. The van der Waals surface area contributed by atoms with Crippen molar-refractivity contribution in [1.82, 2.24) is 15.5 Å². The van der Waals surface area contributed by atoms with Gasteiger partial charge in [-0.1, -0.05) is 5.16 Å². The summed E-state index contributed by atoms with van der Waals surface area (Å²) in [6.45, 7) is 8.45. The fourth-order valence-electron chi connectivity index (χ4n) is 1.58. The molecule has 0 aliphatic carbocycles. The SMILES string of the molecule is CC(C)(C)NCc1nc(C2CCOC2)no1. The van der Waals surface area contributed by atoms with Gasteiger partial charge in [0.05, 0.1) is 13.2 Å². The standard InChI is InChI=1S/C11H19N3O2/c1-11(2,3)12-6-9-13-10(14-16-9)8-4-5-15-7-8/h8,12H,4-7H2,1-3H3. The van der Waals surface area contributed by atoms with Crippen LogP contribution in [0.3, 0.4) is 0 Å². The monoisotopic (exact) mass is 225 g/mol. The Morgan fingerprint density at radius 1 is 1.44 bits per heavy atom. The maximum Gasteiger partial charge on any atom is 0.240 e. The van der Waals surface area contributed by atoms with Crippen molar-refractivity contribution in [2.24, 2.45) is 0 Å². The number of aromatic nitrogens is 2. The van der Waals surface area contributed by atoms with Crippen molar-refractivity contribution in [2.75, 3.05) is 13.2 Å². The fraction of sp³-hybridized carbons (Fsp3) is 0.818. The zero-order valence-corrected chi connectivity index (χ0v) is 10.1. The molecule has 2 heterocycles. The van der Waals surface area contributed by atoms with Gasteiger partial charge in [0.1, 0.15) is 0 Å². The highest BCUT2D eigenvalue weighted by molar-refractivity contribution is 4.97. The van der Waals surface area contributed by atoms with Gasteiger partial charge in [0, 0.05) is 18.1 Å². The Hall–Kier alpha value is -0.940. The average Bonchev–Trinajstić information content (AvgIpc) is 2.84. The molecule has 1 aromatic rings. The number of nitrogens with one attached hydrogen (secondary N) is 1. The van der Waals surface area contributed by atoms with Gasteiger partial charge in [0.25, 0.3) is 0 Å². The van der Waals surface area contributed by atoms with E-state index in [0.29, 0.717) is 25.0 Å². The van der Waals surface area contributed by atoms with Crippen LogP contribution in [-0.4, -0.2) is 28.9 Å². The lowest BCUT2D eigenvalue weighted by Crippen LogP contribution is -2.35. The quantitative estimate of drug-likeness (QED) is 0.844. The first-order valence-electron chi connectivity index (χ1n) is 5.70. The molecule has 0 aromatic carbocycles. The minimum absolute atomic E-state index is 0.0606. The van der Waals surface area contributed by atoms with Crippen LogP contribution in [0.1, 0.15) is 44.8 Å². The second-order valence-corrected chi connectivity index (χ2v) is 5.21. The molecule has 0 bridgehead atoms. The molecule has 1 fully saturated rings. The highest BCUT2D eigenvalue weighted by atomic mass is 16.5. The first-order chi connectivity index (χ1) is 7.54. The largest absolute Gasteiger partial charge is 0.381 e. The molecule has 0 saturated carbocycles. The first-order valence-corrected chi connectivity index (χ1v) is 5.70. The molecule has 90 valence electrons. The fourth-order valence-corrected chi connectivity index (χ4v) is 1.58. The van der Waals surface area contributed by atoms with Crippen LogP contribution in [0.4, 0.5) is 0 Å². The second-order valence-electron chi connectivity index (χ2n) is 5.21. The lowest BCUT2D eigenvalue weighted by atomic mass is 10.1. The van der Waals surface area contributed by atoms with Crippen molar-refractivity contribution in [3.8, 4) is 0 Å². The van der Waals surface area contributed by atoms with Gasteiger partial charge in [-0.05, 0) is 27.2 Å². The van der Waals surface area contributed by atoms with E-state index in [0.717, 1.165) is 18.9 Å². The Kier molecular flexibility index (Phi) is 3.25. The molecular formula is C11H19N3O2. The maximum atomic E-state index is 5.30. The van der Waals surface area contributed by atoms with Crippen molar-refractivity contribution in [1.29, 1.82) is 0 Å². The molecule has 0 amide bonds. The number of rotatable bonds is 3. The van der Waals surface area contributed by atoms with Crippen LogP contribution in [0.2, 0.25) is 0 Å². The third-order valence-corrected chi connectivity index (χ3v) is 2.55. The summed E-state index contributed by atoms with van der Waals surface area (Å²) in [4.78, 5) is 4.38. The van der Waals surface area contributed by atoms with Gasteiger partial charge in [-0.3, -0.25) is 0 Å². The predicted molar refractivity (Wildman–Crippen MR) is 59.1 cm³/mol. The Morgan fingerprint density at radius 2 is 2.25 bits per heavy atom. The second kappa shape index (κ2) is 4.51. The van der Waals surface area contributed by atoms with E-state index >= 15 is 0 Å². The summed E-state index contributed by atoms with van der Waals surface area (Å²) in [6, 6.07) is 0. The minimum Gasteiger partial charge on any atom is -0.381 e. The van der Waals surface area contributed by atoms with E-state index in [1.54, 1.807) is 0 Å². The average molecular weight is 225 g/mol. The summed E-state index contributed by atoms with van der Waals surface area (Å²) >= 11 is 0. The van der Waals surface area contributed by atoms with Crippen molar-refractivity contribution >= 4 is 0 Å². The molecular weight excluding hydrogens is 206 g/mol. The summed E-state index contributed by atoms with van der Waals surface area (Å²) in [7, 11) is 0. The van der Waals surface area contributed by atoms with Crippen LogP contribution >= 0.6 is 0 Å². The summed E-state index contributed by atoms with van der Waals surface area (Å²) in [6.07, 6.45) is 0.992. The number of hydrogen-bond acceptors (Lipinski definition) is 5. The maximum absolute atomic E-state index is 5.30. The summed E-state index contributed by atoms with van der Waals surface area (Å²) < 4.78 is 10.5. The van der Waals surface area contributed by atoms with E-state index in [9.17, 15) is 0 Å². The van der Waals surface area contributed by atoms with Gasteiger partial charge in [0.15, 0.2) is 5.82 Å². The third-order valence-electron chi connectivity index (χ3n) is 2.55. The first kappa shape index (κ1) is 11.5. The molecule has 0 spiro atoms. The highest BCUT2D eigenvalue weighted by Gasteiger charge is 2.23. The summed E-state index contributed by atoms with van der Waals surface area (Å²) in [5.74, 6) is 1.74. The van der Waals surface area contributed by atoms with Crippen molar-refractivity contribution in [3.05, 3.63) is 11.7 Å². The van der Waals surface area contributed by atoms with Crippen LogP contribution in [0.15, 0.2) is 4.52 Å². The molecule has 2 rings (SSSR count). The van der Waals surface area contributed by atoms with E-state index in [-0.39, 0.29) is 5.54 Å². The molecule has 1 unspecified atom stereocenters.